The number of nitrogens with zero attached hydrogens (tertiary/aromatic N) is 4. The Morgan fingerprint density at radius 1 is 1.23 bits per heavy atom. The second kappa shape index (κ2) is 5.90. The minimum Gasteiger partial charge on any atom is -0.345 e. The van der Waals surface area contributed by atoms with E-state index in [0.29, 0.717) is 24.5 Å². The molecule has 138 valence electrons. The molecule has 2 fully saturated rings. The fourth-order valence-electron chi connectivity index (χ4n) is 4.19. The Morgan fingerprint density at radius 2 is 2.00 bits per heavy atom. The van der Waals surface area contributed by atoms with E-state index in [2.05, 4.69) is 4.98 Å². The molecule has 1 atom stereocenters. The van der Waals surface area contributed by atoms with Crippen molar-refractivity contribution in [1.29, 1.82) is 0 Å². The van der Waals surface area contributed by atoms with E-state index in [1.54, 1.807) is 9.80 Å². The summed E-state index contributed by atoms with van der Waals surface area (Å²) in [6, 6.07) is 0. The van der Waals surface area contributed by atoms with E-state index in [1.807, 2.05) is 20.9 Å². The largest absolute Gasteiger partial charge is 0.345 e. The van der Waals surface area contributed by atoms with Gasteiger partial charge in [-0.2, -0.15) is 0 Å². The maximum Gasteiger partial charge on any atom is 0.271 e. The number of amides is 2. The second-order valence-electron chi connectivity index (χ2n) is 7.43. The Labute approximate surface area is 155 Å². The summed E-state index contributed by atoms with van der Waals surface area (Å²) in [5, 5.41) is 0. The number of hydrogen-bond acceptors (Lipinski definition) is 5. The lowest BCUT2D eigenvalue weighted by molar-refractivity contribution is -0.143. The van der Waals surface area contributed by atoms with Crippen molar-refractivity contribution in [3.63, 3.8) is 0 Å². The van der Waals surface area contributed by atoms with Crippen molar-refractivity contribution in [1.82, 2.24) is 19.2 Å². The molecule has 0 saturated carbocycles. The molecule has 0 bridgehead atoms. The van der Waals surface area contributed by atoms with Crippen molar-refractivity contribution in [3.8, 4) is 0 Å². The smallest absolute Gasteiger partial charge is 0.271 e. The van der Waals surface area contributed by atoms with Gasteiger partial charge in [-0.15, -0.1) is 11.3 Å². The molecule has 0 aliphatic carbocycles. The van der Waals surface area contributed by atoms with E-state index in [-0.39, 0.29) is 22.9 Å². The van der Waals surface area contributed by atoms with E-state index in [0.717, 1.165) is 30.0 Å². The summed E-state index contributed by atoms with van der Waals surface area (Å²) >= 11 is 1.44. The van der Waals surface area contributed by atoms with Crippen LogP contribution in [0.15, 0.2) is 11.0 Å². The van der Waals surface area contributed by atoms with E-state index in [1.165, 1.54) is 21.9 Å². The van der Waals surface area contributed by atoms with Crippen LogP contribution < -0.4 is 5.56 Å². The van der Waals surface area contributed by atoms with Gasteiger partial charge in [0.1, 0.15) is 5.56 Å². The quantitative estimate of drug-likeness (QED) is 0.757. The van der Waals surface area contributed by atoms with Crippen molar-refractivity contribution in [2.24, 2.45) is 5.41 Å². The Kier molecular flexibility index (Phi) is 3.91. The van der Waals surface area contributed by atoms with E-state index in [9.17, 15) is 14.4 Å². The highest BCUT2D eigenvalue weighted by atomic mass is 32.1. The van der Waals surface area contributed by atoms with Crippen LogP contribution in [0.3, 0.4) is 0 Å². The fourth-order valence-corrected chi connectivity index (χ4v) is 5.11. The minimum absolute atomic E-state index is 0.0806. The topological polar surface area (TPSA) is 75.0 Å². The summed E-state index contributed by atoms with van der Waals surface area (Å²) in [6.07, 6.45) is 3.80. The molecule has 0 N–H and O–H groups in total. The highest BCUT2D eigenvalue weighted by Gasteiger charge is 2.48. The van der Waals surface area contributed by atoms with Crippen LogP contribution in [0.4, 0.5) is 0 Å². The number of aromatic nitrogens is 2. The molecule has 0 radical (unpaired) electrons. The summed E-state index contributed by atoms with van der Waals surface area (Å²) in [5.74, 6) is -0.202. The third-order valence-electron chi connectivity index (χ3n) is 5.84. The zero-order valence-corrected chi connectivity index (χ0v) is 16.1. The summed E-state index contributed by atoms with van der Waals surface area (Å²) in [7, 11) is 1.82. The lowest BCUT2D eigenvalue weighted by Gasteiger charge is -2.37. The Morgan fingerprint density at radius 3 is 2.77 bits per heavy atom. The molecular weight excluding hydrogens is 352 g/mol. The molecule has 2 aromatic heterocycles. The molecule has 26 heavy (non-hydrogen) atoms. The summed E-state index contributed by atoms with van der Waals surface area (Å²) in [6.45, 7) is 5.46. The van der Waals surface area contributed by atoms with Gasteiger partial charge in [-0.25, -0.2) is 4.98 Å². The molecule has 0 aromatic carbocycles. The molecule has 1 spiro atoms. The average Bonchev–Trinajstić information content (AvgIpc) is 3.16. The molecule has 4 heterocycles. The zero-order chi connectivity index (χ0) is 18.6. The number of thiazole rings is 1. The van der Waals surface area contributed by atoms with Crippen LogP contribution >= 0.6 is 11.3 Å². The molecule has 2 aromatic rings. The Balaban J connectivity index is 1.66. The van der Waals surface area contributed by atoms with Crippen molar-refractivity contribution in [2.45, 2.75) is 33.1 Å². The Bertz CT molecular complexity index is 979. The van der Waals surface area contributed by atoms with Gasteiger partial charge >= 0.3 is 0 Å². The van der Waals surface area contributed by atoms with Gasteiger partial charge < -0.3 is 9.80 Å². The average molecular weight is 374 g/mol. The molecule has 4 rings (SSSR count). The lowest BCUT2D eigenvalue weighted by atomic mass is 9.78. The van der Waals surface area contributed by atoms with E-state index < -0.39 is 5.41 Å². The van der Waals surface area contributed by atoms with Gasteiger partial charge in [0.05, 0.1) is 5.41 Å². The fraction of sp³-hybridized carbons (Fsp3) is 0.556. The number of likely N-dealkylation sites (tertiary alicyclic amines) is 2. The SMILES string of the molecule is Cc1sc2ncc(C(=O)N3CC[C@]4(CCCN(C)C4=O)C3)c(=O)n2c1C. The summed E-state index contributed by atoms with van der Waals surface area (Å²) < 4.78 is 1.51. The van der Waals surface area contributed by atoms with Gasteiger partial charge in [0.2, 0.25) is 5.91 Å². The van der Waals surface area contributed by atoms with Crippen LogP contribution in [0.25, 0.3) is 4.96 Å². The number of carbonyl (C=O) groups excluding carboxylic acids is 2. The first-order valence-electron chi connectivity index (χ1n) is 8.87. The highest BCUT2D eigenvalue weighted by molar-refractivity contribution is 7.17. The van der Waals surface area contributed by atoms with Crippen LogP contribution in [0.1, 0.15) is 40.2 Å². The molecule has 7 nitrogen and oxygen atoms in total. The van der Waals surface area contributed by atoms with Gasteiger partial charge in [-0.1, -0.05) is 0 Å². The number of rotatable bonds is 1. The van der Waals surface area contributed by atoms with Crippen LogP contribution in [0.5, 0.6) is 0 Å². The second-order valence-corrected chi connectivity index (χ2v) is 8.61. The highest BCUT2D eigenvalue weighted by Crippen LogP contribution is 2.39. The van der Waals surface area contributed by atoms with Crippen molar-refractivity contribution in [3.05, 3.63) is 32.7 Å². The maximum absolute atomic E-state index is 13.0. The number of piperidine rings is 1. The number of carbonyl (C=O) groups is 2. The maximum atomic E-state index is 13.0. The first-order chi connectivity index (χ1) is 12.3. The molecule has 0 unspecified atom stereocenters. The third-order valence-corrected chi connectivity index (χ3v) is 6.91. The first-order valence-corrected chi connectivity index (χ1v) is 9.68. The van der Waals surface area contributed by atoms with Gasteiger partial charge in [-0.05, 0) is 33.1 Å². The minimum atomic E-state index is -0.481. The molecule has 8 heteroatoms. The molecule has 2 aliphatic rings. The number of hydrogen-bond donors (Lipinski definition) is 0. The van der Waals surface area contributed by atoms with Crippen LogP contribution in [0, 0.1) is 19.3 Å². The molecule has 2 saturated heterocycles. The van der Waals surface area contributed by atoms with Gasteiger partial charge in [0.15, 0.2) is 4.96 Å². The monoisotopic (exact) mass is 374 g/mol. The number of fused-ring (bicyclic) bond motifs is 1. The molecule has 2 aliphatic heterocycles. The first kappa shape index (κ1) is 17.2. The Hall–Kier alpha value is -2.22. The van der Waals surface area contributed by atoms with Crippen LogP contribution in [0.2, 0.25) is 0 Å². The summed E-state index contributed by atoms with van der Waals surface area (Å²) in [5.41, 5.74) is 0.0942. The van der Waals surface area contributed by atoms with Gasteiger partial charge in [-0.3, -0.25) is 18.8 Å². The standard InChI is InChI=1S/C18H22N4O3S/c1-11-12(2)26-17-19-9-13(15(24)22(11)17)14(23)21-8-6-18(10-21)5-4-7-20(3)16(18)25/h9H,4-8,10H2,1-3H3/t18-/m1/s1. The predicted molar refractivity (Wildman–Crippen MR) is 98.6 cm³/mol. The molecular formula is C18H22N4O3S. The van der Waals surface area contributed by atoms with Gasteiger partial charge in [0, 0.05) is 43.4 Å². The number of aryl methyl sites for hydroxylation is 2. The van der Waals surface area contributed by atoms with Crippen molar-refractivity contribution >= 4 is 28.1 Å². The van der Waals surface area contributed by atoms with E-state index >= 15 is 0 Å². The summed E-state index contributed by atoms with van der Waals surface area (Å²) in [4.78, 5) is 47.8. The zero-order valence-electron chi connectivity index (χ0n) is 15.2. The van der Waals surface area contributed by atoms with Crippen LogP contribution in [-0.4, -0.2) is 57.7 Å². The van der Waals surface area contributed by atoms with Gasteiger partial charge in [0.25, 0.3) is 11.5 Å². The van der Waals surface area contributed by atoms with Crippen molar-refractivity contribution < 1.29 is 9.59 Å². The van der Waals surface area contributed by atoms with Crippen molar-refractivity contribution in [2.75, 3.05) is 26.7 Å². The third kappa shape index (κ3) is 2.39. The normalized spacial score (nSPS) is 23.4. The van der Waals surface area contributed by atoms with Crippen LogP contribution in [-0.2, 0) is 4.79 Å². The lowest BCUT2D eigenvalue weighted by Crippen LogP contribution is -2.48. The predicted octanol–water partition coefficient (Wildman–Crippen LogP) is 1.46. The molecule has 2 amide bonds. The van der Waals surface area contributed by atoms with E-state index in [4.69, 9.17) is 0 Å².